The van der Waals surface area contributed by atoms with Gasteiger partial charge in [0.1, 0.15) is 6.04 Å². The molecule has 0 radical (unpaired) electrons. The Kier molecular flexibility index (Phi) is 15.6. The zero-order chi connectivity index (χ0) is 22.1. The molecule has 1 rings (SSSR count). The molecule has 0 aliphatic heterocycles. The minimum atomic E-state index is -4.02. The maximum absolute atomic E-state index is 11.1. The highest BCUT2D eigenvalue weighted by atomic mass is 32.2. The molecule has 1 aromatic rings. The van der Waals surface area contributed by atoms with Gasteiger partial charge in [-0.15, -0.1) is 0 Å². The molecule has 0 unspecified atom stereocenters. The molecule has 3 N–H and O–H groups in total. The van der Waals surface area contributed by atoms with Gasteiger partial charge in [-0.3, -0.25) is 9.35 Å². The molecule has 0 saturated heterocycles. The van der Waals surface area contributed by atoms with Crippen LogP contribution in [0, 0.1) is 6.92 Å². The predicted octanol–water partition coefficient (Wildman–Crippen LogP) is 5.04. The number of nitrogens with two attached hydrogens (primary N) is 1. The molecule has 0 amide bonds. The fourth-order valence-electron chi connectivity index (χ4n) is 2.60. The van der Waals surface area contributed by atoms with Crippen molar-refractivity contribution in [3.63, 3.8) is 0 Å². The zero-order valence-electron chi connectivity index (χ0n) is 18.2. The predicted molar refractivity (Wildman–Crippen MR) is 117 cm³/mol. The van der Waals surface area contributed by atoms with Crippen LogP contribution in [-0.2, 0) is 19.6 Å². The van der Waals surface area contributed by atoms with Gasteiger partial charge in [0, 0.05) is 0 Å². The number of unbranched alkanes of at least 4 members (excludes halogenated alkanes) is 9. The lowest BCUT2D eigenvalue weighted by Gasteiger charge is -2.06. The number of hydrogen-bond donors (Lipinski definition) is 2. The van der Waals surface area contributed by atoms with Crippen LogP contribution < -0.4 is 5.73 Å². The van der Waals surface area contributed by atoms with Crippen molar-refractivity contribution >= 4 is 16.1 Å². The van der Waals surface area contributed by atoms with Crippen LogP contribution in [0.4, 0.5) is 0 Å². The Bertz CT molecular complexity index is 642. The molecule has 1 aromatic carbocycles. The maximum atomic E-state index is 11.1. The minimum absolute atomic E-state index is 0.0666. The second kappa shape index (κ2) is 16.4. The number of esters is 1. The SMILES string of the molecule is CCCCCCCCCCCCOC(=O)[C@@H](C)N.Cc1ccc(S(=O)(=O)O)cc1. The average Bonchev–Trinajstić information content (AvgIpc) is 2.66. The summed E-state index contributed by atoms with van der Waals surface area (Å²) in [6, 6.07) is 5.50. The molecular weight excluding hydrogens is 390 g/mol. The average molecular weight is 430 g/mol. The molecule has 0 heterocycles. The number of aryl methyl sites for hydroxylation is 1. The van der Waals surface area contributed by atoms with Crippen LogP contribution >= 0.6 is 0 Å². The van der Waals surface area contributed by atoms with Crippen molar-refractivity contribution in [1.82, 2.24) is 0 Å². The van der Waals surface area contributed by atoms with E-state index >= 15 is 0 Å². The summed E-state index contributed by atoms with van der Waals surface area (Å²) in [5.74, 6) is -0.286. The normalized spacial score (nSPS) is 12.0. The standard InChI is InChI=1S/C15H31NO2.C7H8O3S/c1-3-4-5-6-7-8-9-10-11-12-13-18-15(17)14(2)16;1-6-2-4-7(5-3-6)11(8,9)10/h14H,3-13,16H2,1-2H3;2-5H,1H3,(H,8,9,10)/t14-;/m1./s1. The highest BCUT2D eigenvalue weighted by Crippen LogP contribution is 2.10. The van der Waals surface area contributed by atoms with E-state index in [0.29, 0.717) is 6.61 Å². The molecule has 0 aliphatic carbocycles. The van der Waals surface area contributed by atoms with Crippen molar-refractivity contribution in [3.8, 4) is 0 Å². The van der Waals surface area contributed by atoms with Gasteiger partial charge in [-0.25, -0.2) is 0 Å². The molecule has 0 saturated carbocycles. The van der Waals surface area contributed by atoms with Crippen molar-refractivity contribution in [2.75, 3.05) is 6.61 Å². The van der Waals surface area contributed by atoms with Crippen LogP contribution in [0.5, 0.6) is 0 Å². The van der Waals surface area contributed by atoms with Crippen LogP contribution in [0.25, 0.3) is 0 Å². The minimum Gasteiger partial charge on any atom is -0.465 e. The van der Waals surface area contributed by atoms with E-state index in [0.717, 1.165) is 18.4 Å². The van der Waals surface area contributed by atoms with Crippen molar-refractivity contribution < 1.29 is 22.5 Å². The van der Waals surface area contributed by atoms with Gasteiger partial charge in [-0.05, 0) is 32.4 Å². The van der Waals surface area contributed by atoms with Crippen LogP contribution in [-0.4, -0.2) is 31.6 Å². The molecular formula is C22H39NO5S. The smallest absolute Gasteiger partial charge is 0.322 e. The van der Waals surface area contributed by atoms with E-state index in [-0.39, 0.29) is 10.9 Å². The molecule has 1 atom stereocenters. The Labute approximate surface area is 177 Å². The Hall–Kier alpha value is -1.44. The summed E-state index contributed by atoms with van der Waals surface area (Å²) >= 11 is 0. The van der Waals surface area contributed by atoms with E-state index in [4.69, 9.17) is 15.0 Å². The summed E-state index contributed by atoms with van der Waals surface area (Å²) in [6.07, 6.45) is 12.9. The zero-order valence-corrected chi connectivity index (χ0v) is 19.0. The molecule has 0 fully saturated rings. The third kappa shape index (κ3) is 16.1. The summed E-state index contributed by atoms with van der Waals surface area (Å²) < 4.78 is 34.6. The van der Waals surface area contributed by atoms with Crippen LogP contribution in [0.1, 0.15) is 83.6 Å². The Balaban J connectivity index is 0.000000604. The van der Waals surface area contributed by atoms with E-state index in [1.807, 2.05) is 6.92 Å². The van der Waals surface area contributed by atoms with Crippen molar-refractivity contribution in [2.45, 2.75) is 95.9 Å². The quantitative estimate of drug-likeness (QED) is 0.258. The number of carbonyl (C=O) groups is 1. The Morgan fingerprint density at radius 3 is 1.83 bits per heavy atom. The summed E-state index contributed by atoms with van der Waals surface area (Å²) in [5, 5.41) is 0. The topological polar surface area (TPSA) is 107 Å². The lowest BCUT2D eigenvalue weighted by Crippen LogP contribution is -2.28. The first-order chi connectivity index (χ1) is 13.7. The highest BCUT2D eigenvalue weighted by molar-refractivity contribution is 7.85. The van der Waals surface area contributed by atoms with Crippen molar-refractivity contribution in [1.29, 1.82) is 0 Å². The maximum Gasteiger partial charge on any atom is 0.322 e. The lowest BCUT2D eigenvalue weighted by molar-refractivity contribution is -0.144. The molecule has 0 spiro atoms. The van der Waals surface area contributed by atoms with Gasteiger partial charge in [0.2, 0.25) is 0 Å². The first-order valence-electron chi connectivity index (χ1n) is 10.6. The first-order valence-corrected chi connectivity index (χ1v) is 12.1. The van der Waals surface area contributed by atoms with E-state index in [1.165, 1.54) is 63.5 Å². The molecule has 6 nitrogen and oxygen atoms in total. The third-order valence-corrected chi connectivity index (χ3v) is 5.30. The summed E-state index contributed by atoms with van der Waals surface area (Å²) in [5.41, 5.74) is 6.35. The van der Waals surface area contributed by atoms with Crippen LogP contribution in [0.2, 0.25) is 0 Å². The molecule has 0 aromatic heterocycles. The Morgan fingerprint density at radius 1 is 0.966 bits per heavy atom. The number of ether oxygens (including phenoxy) is 1. The molecule has 0 aliphatic rings. The molecule has 168 valence electrons. The van der Waals surface area contributed by atoms with E-state index in [2.05, 4.69) is 6.92 Å². The summed E-state index contributed by atoms with van der Waals surface area (Å²) in [7, 11) is -4.02. The van der Waals surface area contributed by atoms with Gasteiger partial charge < -0.3 is 10.5 Å². The molecule has 7 heteroatoms. The Morgan fingerprint density at radius 2 is 1.41 bits per heavy atom. The first kappa shape index (κ1) is 27.6. The fourth-order valence-corrected chi connectivity index (χ4v) is 3.08. The van der Waals surface area contributed by atoms with Gasteiger partial charge in [0.25, 0.3) is 10.1 Å². The highest BCUT2D eigenvalue weighted by Gasteiger charge is 2.07. The van der Waals surface area contributed by atoms with Crippen LogP contribution in [0.15, 0.2) is 29.2 Å². The third-order valence-electron chi connectivity index (χ3n) is 4.43. The van der Waals surface area contributed by atoms with Crippen molar-refractivity contribution in [3.05, 3.63) is 29.8 Å². The molecule has 0 bridgehead atoms. The number of rotatable bonds is 13. The monoisotopic (exact) mass is 429 g/mol. The van der Waals surface area contributed by atoms with Gasteiger partial charge in [0.15, 0.2) is 0 Å². The molecule has 29 heavy (non-hydrogen) atoms. The number of benzene rings is 1. The number of carbonyl (C=O) groups excluding carboxylic acids is 1. The summed E-state index contributed by atoms with van der Waals surface area (Å²) in [6.45, 7) is 6.27. The summed E-state index contributed by atoms with van der Waals surface area (Å²) in [4.78, 5) is 11.0. The van der Waals surface area contributed by atoms with Gasteiger partial charge in [-0.1, -0.05) is 82.4 Å². The number of hydrogen-bond acceptors (Lipinski definition) is 5. The largest absolute Gasteiger partial charge is 0.465 e. The van der Waals surface area contributed by atoms with Crippen molar-refractivity contribution in [2.24, 2.45) is 5.73 Å². The fraction of sp³-hybridized carbons (Fsp3) is 0.682. The second-order valence-corrected chi connectivity index (χ2v) is 8.85. The van der Waals surface area contributed by atoms with Gasteiger partial charge in [0.05, 0.1) is 11.5 Å². The second-order valence-electron chi connectivity index (χ2n) is 7.43. The van der Waals surface area contributed by atoms with Gasteiger partial charge in [-0.2, -0.15) is 8.42 Å². The lowest BCUT2D eigenvalue weighted by atomic mass is 10.1. The van der Waals surface area contributed by atoms with E-state index in [1.54, 1.807) is 19.1 Å². The van der Waals surface area contributed by atoms with Gasteiger partial charge >= 0.3 is 5.97 Å². The van der Waals surface area contributed by atoms with Crippen LogP contribution in [0.3, 0.4) is 0 Å². The van der Waals surface area contributed by atoms with E-state index in [9.17, 15) is 13.2 Å². The van der Waals surface area contributed by atoms with E-state index < -0.39 is 16.2 Å².